The van der Waals surface area contributed by atoms with Crippen LogP contribution in [-0.2, 0) is 19.4 Å². The maximum Gasteiger partial charge on any atom is 0.248 e. The first-order valence-electron chi connectivity index (χ1n) is 7.37. The number of benzene rings is 2. The second kappa shape index (κ2) is 7.60. The smallest absolute Gasteiger partial charge is 0.248 e. The van der Waals surface area contributed by atoms with E-state index in [1.54, 1.807) is 6.07 Å². The quantitative estimate of drug-likeness (QED) is 0.889. The number of rotatable bonds is 2. The molecule has 3 heteroatoms. The molecule has 1 amide bonds. The molecule has 1 aliphatic rings. The molecule has 0 aliphatic carbocycles. The lowest BCUT2D eigenvalue weighted by Crippen LogP contribution is -2.23. The van der Waals surface area contributed by atoms with Gasteiger partial charge in [-0.3, -0.25) is 4.79 Å². The molecule has 1 heterocycles. The molecule has 0 unspecified atom stereocenters. The fourth-order valence-corrected chi connectivity index (χ4v) is 2.49. The molecule has 21 heavy (non-hydrogen) atoms. The van der Waals surface area contributed by atoms with Gasteiger partial charge in [0.15, 0.2) is 0 Å². The highest BCUT2D eigenvalue weighted by atomic mass is 16.1. The predicted molar refractivity (Wildman–Crippen MR) is 86.2 cm³/mol. The molecule has 2 aromatic carbocycles. The molecule has 0 bridgehead atoms. The van der Waals surface area contributed by atoms with Gasteiger partial charge in [0, 0.05) is 12.1 Å². The summed E-state index contributed by atoms with van der Waals surface area (Å²) >= 11 is 0. The highest BCUT2D eigenvalue weighted by Crippen LogP contribution is 2.11. The SMILES string of the molecule is CCc1ccccc1C(N)=O.c1ccc2c(c1)CCNC2. The standard InChI is InChI=1S/C9H11NO.C9H11N/c1-2-7-5-3-4-6-8(7)9(10)11;1-2-4-9-7-10-6-5-8(9)3-1/h3-6H,2H2,1H3,(H2,10,11);1-4,10H,5-7H2. The zero-order chi connectivity index (χ0) is 15.1. The number of hydrogen-bond donors (Lipinski definition) is 2. The van der Waals surface area contributed by atoms with Crippen LogP contribution in [0.5, 0.6) is 0 Å². The third-order valence-electron chi connectivity index (χ3n) is 3.67. The Hall–Kier alpha value is -2.13. The zero-order valence-electron chi connectivity index (χ0n) is 12.4. The Morgan fingerprint density at radius 3 is 2.38 bits per heavy atom. The molecule has 2 aromatic rings. The van der Waals surface area contributed by atoms with Crippen molar-refractivity contribution in [3.63, 3.8) is 0 Å². The fourth-order valence-electron chi connectivity index (χ4n) is 2.49. The summed E-state index contributed by atoms with van der Waals surface area (Å²) in [6.07, 6.45) is 2.04. The number of hydrogen-bond acceptors (Lipinski definition) is 2. The second-order valence-corrected chi connectivity index (χ2v) is 5.07. The first kappa shape index (κ1) is 15.3. The average molecular weight is 282 g/mol. The minimum atomic E-state index is -0.345. The van der Waals surface area contributed by atoms with Gasteiger partial charge in [-0.25, -0.2) is 0 Å². The van der Waals surface area contributed by atoms with E-state index in [4.69, 9.17) is 5.73 Å². The van der Waals surface area contributed by atoms with Crippen LogP contribution < -0.4 is 11.1 Å². The lowest BCUT2D eigenvalue weighted by Gasteiger charge is -2.15. The van der Waals surface area contributed by atoms with Gasteiger partial charge in [-0.05, 0) is 42.1 Å². The molecular formula is C18H22N2O. The van der Waals surface area contributed by atoms with Crippen LogP contribution in [0.4, 0.5) is 0 Å². The predicted octanol–water partition coefficient (Wildman–Crippen LogP) is 2.68. The summed E-state index contributed by atoms with van der Waals surface area (Å²) in [5.74, 6) is -0.345. The number of nitrogens with two attached hydrogens (primary N) is 1. The van der Waals surface area contributed by atoms with Gasteiger partial charge < -0.3 is 11.1 Å². The molecule has 110 valence electrons. The second-order valence-electron chi connectivity index (χ2n) is 5.07. The van der Waals surface area contributed by atoms with Gasteiger partial charge in [0.1, 0.15) is 0 Å². The Balaban J connectivity index is 0.000000154. The van der Waals surface area contributed by atoms with Crippen LogP contribution in [-0.4, -0.2) is 12.5 Å². The zero-order valence-corrected chi connectivity index (χ0v) is 12.4. The van der Waals surface area contributed by atoms with E-state index in [2.05, 4.69) is 29.6 Å². The highest BCUT2D eigenvalue weighted by Gasteiger charge is 2.05. The van der Waals surface area contributed by atoms with Gasteiger partial charge in [-0.2, -0.15) is 0 Å². The summed E-state index contributed by atoms with van der Waals surface area (Å²) in [4.78, 5) is 10.8. The Bertz CT molecular complexity index is 583. The van der Waals surface area contributed by atoms with Crippen molar-refractivity contribution in [3.8, 4) is 0 Å². The molecule has 0 saturated heterocycles. The van der Waals surface area contributed by atoms with E-state index >= 15 is 0 Å². The highest BCUT2D eigenvalue weighted by molar-refractivity contribution is 5.94. The maximum absolute atomic E-state index is 10.8. The first-order chi connectivity index (χ1) is 10.2. The summed E-state index contributed by atoms with van der Waals surface area (Å²) < 4.78 is 0. The first-order valence-corrected chi connectivity index (χ1v) is 7.37. The molecule has 0 saturated carbocycles. The van der Waals surface area contributed by atoms with Gasteiger partial charge in [0.25, 0.3) is 0 Å². The average Bonchev–Trinajstić information content (AvgIpc) is 2.55. The van der Waals surface area contributed by atoms with Crippen LogP contribution in [0.2, 0.25) is 0 Å². The van der Waals surface area contributed by atoms with Crippen LogP contribution in [0, 0.1) is 0 Å². The lowest BCUT2D eigenvalue weighted by molar-refractivity contribution is 0.0999. The van der Waals surface area contributed by atoms with Gasteiger partial charge in [-0.1, -0.05) is 49.4 Å². The van der Waals surface area contributed by atoms with E-state index in [-0.39, 0.29) is 5.91 Å². The number of amides is 1. The Kier molecular flexibility index (Phi) is 5.52. The summed E-state index contributed by atoms with van der Waals surface area (Å²) in [6.45, 7) is 4.19. The lowest BCUT2D eigenvalue weighted by atomic mass is 10.0. The molecule has 3 nitrogen and oxygen atoms in total. The van der Waals surface area contributed by atoms with Crippen molar-refractivity contribution >= 4 is 5.91 Å². The number of carbonyl (C=O) groups excluding carboxylic acids is 1. The van der Waals surface area contributed by atoms with Gasteiger partial charge in [0.2, 0.25) is 5.91 Å². The van der Waals surface area contributed by atoms with Crippen molar-refractivity contribution in [2.24, 2.45) is 5.73 Å². The van der Waals surface area contributed by atoms with Crippen molar-refractivity contribution in [1.29, 1.82) is 0 Å². The van der Waals surface area contributed by atoms with Crippen LogP contribution >= 0.6 is 0 Å². The molecule has 3 N–H and O–H groups in total. The van der Waals surface area contributed by atoms with Crippen LogP contribution in [0.1, 0.15) is 34.0 Å². The summed E-state index contributed by atoms with van der Waals surface area (Å²) in [6, 6.07) is 16.0. The monoisotopic (exact) mass is 282 g/mol. The molecule has 1 aliphatic heterocycles. The molecule has 0 radical (unpaired) electrons. The third kappa shape index (κ3) is 4.17. The Morgan fingerprint density at radius 2 is 1.76 bits per heavy atom. The maximum atomic E-state index is 10.8. The summed E-state index contributed by atoms with van der Waals surface area (Å²) in [5, 5.41) is 3.34. The third-order valence-corrected chi connectivity index (χ3v) is 3.67. The molecule has 0 fully saturated rings. The molecule has 0 atom stereocenters. The molecule has 0 aromatic heterocycles. The van der Waals surface area contributed by atoms with Crippen molar-refractivity contribution in [3.05, 3.63) is 70.8 Å². The van der Waals surface area contributed by atoms with Crippen molar-refractivity contribution in [1.82, 2.24) is 5.32 Å². The van der Waals surface area contributed by atoms with Gasteiger partial charge in [0.05, 0.1) is 0 Å². The van der Waals surface area contributed by atoms with Crippen molar-refractivity contribution in [2.45, 2.75) is 26.3 Å². The van der Waals surface area contributed by atoms with Gasteiger partial charge in [-0.15, -0.1) is 0 Å². The fraction of sp³-hybridized carbons (Fsp3) is 0.278. The number of carbonyl (C=O) groups is 1. The van der Waals surface area contributed by atoms with Crippen molar-refractivity contribution < 1.29 is 4.79 Å². The number of fused-ring (bicyclic) bond motifs is 1. The van der Waals surface area contributed by atoms with Crippen LogP contribution in [0.3, 0.4) is 0 Å². The topological polar surface area (TPSA) is 55.1 Å². The minimum absolute atomic E-state index is 0.345. The van der Waals surface area contributed by atoms with E-state index in [1.165, 1.54) is 17.5 Å². The minimum Gasteiger partial charge on any atom is -0.366 e. The normalized spacial score (nSPS) is 12.8. The number of nitrogens with one attached hydrogen (secondary N) is 1. The molecule has 0 spiro atoms. The van der Waals surface area contributed by atoms with E-state index < -0.39 is 0 Å². The van der Waals surface area contributed by atoms with Gasteiger partial charge >= 0.3 is 0 Å². The Labute approximate surface area is 126 Å². The number of primary amides is 1. The van der Waals surface area contributed by atoms with E-state index in [1.807, 2.05) is 25.1 Å². The van der Waals surface area contributed by atoms with Crippen LogP contribution in [0.15, 0.2) is 48.5 Å². The molecule has 3 rings (SSSR count). The summed E-state index contributed by atoms with van der Waals surface area (Å²) in [5.41, 5.74) is 9.78. The van der Waals surface area contributed by atoms with Crippen molar-refractivity contribution in [2.75, 3.05) is 6.54 Å². The van der Waals surface area contributed by atoms with Crippen LogP contribution in [0.25, 0.3) is 0 Å². The Morgan fingerprint density at radius 1 is 1.10 bits per heavy atom. The number of aryl methyl sites for hydroxylation is 1. The van der Waals surface area contributed by atoms with E-state index in [0.717, 1.165) is 25.1 Å². The summed E-state index contributed by atoms with van der Waals surface area (Å²) in [7, 11) is 0. The largest absolute Gasteiger partial charge is 0.366 e. The van der Waals surface area contributed by atoms with E-state index in [0.29, 0.717) is 5.56 Å². The van der Waals surface area contributed by atoms with E-state index in [9.17, 15) is 4.79 Å². The molecular weight excluding hydrogens is 260 g/mol.